The SMILES string of the molecule is CC(=O)N[C@@H]1[C@@H](O)[C@H](O[C@@H]2O[C@H](CO)[C@@H](O[C@@H]3O[C@H](CO[C@H]4O[C@H](CO[C@H]5O[C@H](CO)[C@@H](O)[C@H](O)[C@@H]5O)[C@@H](O)[C@H](O[C@H]5O[C@H](CO)[C@@H](O)[C@H](O)[C@@H]5O)[C@@H]4O)[C@@H](O[C@@H]4O[C@H](CO)[C@@H](O)[C@H](O)[C@H]4NC(C)=O)[C@H](O[C@H]4O[C@H](CO)[C@@H](O)[C@H](O)[C@@H]4O)[C@@H]3O)[C@H](O)[C@H]2NC(C)=O)[C@@H](CO[C@@H]2O[C@@H](C)[C@@H](O)[C@@H](O)[C@@H]2O)O[C@H]1O. The van der Waals surface area contributed by atoms with Gasteiger partial charge in [0.05, 0.1) is 59.0 Å². The highest BCUT2D eigenvalue weighted by Gasteiger charge is 2.60. The van der Waals surface area contributed by atoms with E-state index in [0.717, 1.165) is 20.8 Å². The Hall–Kier alpha value is -3.27. The largest absolute Gasteiger partial charge is 0.394 e. The molecule has 9 fully saturated rings. The van der Waals surface area contributed by atoms with Crippen molar-refractivity contribution in [3.8, 4) is 0 Å². The minimum Gasteiger partial charge on any atom is -0.394 e. The maximum atomic E-state index is 13.2. The van der Waals surface area contributed by atoms with E-state index in [0.29, 0.717) is 0 Å². The fraction of sp³-hybridized carbons (Fsp3) is 0.950. The van der Waals surface area contributed by atoms with Gasteiger partial charge in [-0.1, -0.05) is 0 Å². The van der Waals surface area contributed by atoms with Gasteiger partial charge in [-0.15, -0.1) is 0 Å². The summed E-state index contributed by atoms with van der Waals surface area (Å²) < 4.78 is 101. The normalized spacial score (nSPS) is 50.4. The molecule has 48 nitrogen and oxygen atoms in total. The second-order valence-corrected chi connectivity index (χ2v) is 27.5. The second kappa shape index (κ2) is 38.5. The van der Waals surface area contributed by atoms with Crippen LogP contribution in [-0.2, 0) is 94.9 Å². The van der Waals surface area contributed by atoms with Crippen LogP contribution in [-0.4, -0.2) is 474 Å². The summed E-state index contributed by atoms with van der Waals surface area (Å²) in [4.78, 5) is 38.5. The van der Waals surface area contributed by atoms with E-state index in [1.807, 2.05) is 0 Å². The summed E-state index contributed by atoms with van der Waals surface area (Å²) in [5, 5.41) is 283. The molecule has 9 saturated heterocycles. The van der Waals surface area contributed by atoms with Crippen LogP contribution < -0.4 is 16.0 Å². The second-order valence-electron chi connectivity index (χ2n) is 27.5. The van der Waals surface area contributed by atoms with Gasteiger partial charge >= 0.3 is 0 Å². The minimum atomic E-state index is -2.59. The lowest BCUT2D eigenvalue weighted by Gasteiger charge is -2.52. The summed E-state index contributed by atoms with van der Waals surface area (Å²) in [6, 6.07) is -5.66. The number of ether oxygens (including phenoxy) is 17. The third-order valence-electron chi connectivity index (χ3n) is 19.9. The molecule has 0 saturated carbocycles. The number of hydrogen-bond acceptors (Lipinski definition) is 45. The van der Waals surface area contributed by atoms with Gasteiger partial charge in [-0.3, -0.25) is 14.4 Å². The molecule has 0 aliphatic carbocycles. The van der Waals surface area contributed by atoms with Crippen LogP contribution >= 0.6 is 0 Å². The third-order valence-corrected chi connectivity index (χ3v) is 19.9. The van der Waals surface area contributed by atoms with Crippen LogP contribution in [0.4, 0.5) is 0 Å². The third kappa shape index (κ3) is 19.5. The van der Waals surface area contributed by atoms with Crippen LogP contribution in [0.5, 0.6) is 0 Å². The molecule has 0 radical (unpaired) electrons. The number of aliphatic hydroxyl groups is 25. The predicted molar refractivity (Wildman–Crippen MR) is 330 cm³/mol. The van der Waals surface area contributed by atoms with Gasteiger partial charge in [0.15, 0.2) is 56.6 Å². The molecule has 9 aliphatic rings. The molecule has 9 heterocycles. The fourth-order valence-electron chi connectivity index (χ4n) is 13.8. The molecule has 0 unspecified atom stereocenters. The Labute approximate surface area is 611 Å². The van der Waals surface area contributed by atoms with E-state index >= 15 is 0 Å². The number of aliphatic hydroxyl groups excluding tert-OH is 25. The van der Waals surface area contributed by atoms with Crippen molar-refractivity contribution in [1.29, 1.82) is 0 Å². The molecule has 0 spiro atoms. The first-order chi connectivity index (χ1) is 51.0. The Balaban J connectivity index is 1.09. The van der Waals surface area contributed by atoms with Gasteiger partial charge in [0, 0.05) is 20.8 Å². The first-order valence-electron chi connectivity index (χ1n) is 34.5. The number of carbonyl (C=O) groups is 3. The summed E-state index contributed by atoms with van der Waals surface area (Å²) in [6.07, 6.45) is -86.7. The van der Waals surface area contributed by atoms with E-state index in [-0.39, 0.29) is 0 Å². The van der Waals surface area contributed by atoms with Gasteiger partial charge < -0.3 is 224 Å². The van der Waals surface area contributed by atoms with Crippen LogP contribution in [0.1, 0.15) is 27.7 Å². The molecule has 28 N–H and O–H groups in total. The van der Waals surface area contributed by atoms with Crippen molar-refractivity contribution in [2.45, 2.75) is 304 Å². The lowest BCUT2D eigenvalue weighted by molar-refractivity contribution is -0.400. The number of hydrogen-bond donors (Lipinski definition) is 28. The Morgan fingerprint density at radius 1 is 0.259 bits per heavy atom. The van der Waals surface area contributed by atoms with E-state index < -0.39 is 347 Å². The standard InChI is InChI=1S/C60H101N3O45/c1-13-28(72)37(81)41(85)55(95-13)93-11-23-48(35(79)25(52(91)96-23)61-14(2)69)104-54-27(63-16(4)71)36(80)47(21(9-68)101-54)105-60-46(90)51(108-59-44(88)40(84)32(76)20(8-67)100-59)49(106-53-26(62-15(3)70)34(78)29(73)17(5-64)97-53)24(103-60)12-94-57-45(89)50(107-58-43(87)39(83)31(75)19(7-66)99-58)33(77)22(102-57)10-92-56-42(86)38(82)30(74)18(6-65)98-56/h13,17-60,64-68,72-91H,5-12H2,1-4H3,(H,61,69)(H,62,70)(H,63,71)/t13-,17+,18+,19+,20+,21+,22+,23+,24+,25+,26+,27+,28+,29+,30+,31+,32+,33+,34+,35+,36+,37+,38-,39-,40-,41-,42-,43-,44-,45-,46-,47+,48+,49+,50-,51+,52+,53-,54-,55+,56-,57-,58+,59+,60-/m0/s1. The molecular weight excluding hydrogens is 1480 g/mol. The molecule has 9 aliphatic heterocycles. The smallest absolute Gasteiger partial charge is 0.217 e. The molecule has 48 heteroatoms. The Morgan fingerprint density at radius 2 is 0.556 bits per heavy atom. The molecule has 9 rings (SSSR count). The highest BCUT2D eigenvalue weighted by atomic mass is 16.8. The molecular formula is C60H101N3O45. The van der Waals surface area contributed by atoms with Gasteiger partial charge in [-0.2, -0.15) is 0 Å². The zero-order valence-electron chi connectivity index (χ0n) is 58.0. The summed E-state index contributed by atoms with van der Waals surface area (Å²) in [7, 11) is 0. The van der Waals surface area contributed by atoms with Crippen molar-refractivity contribution in [2.75, 3.05) is 52.9 Å². The molecule has 626 valence electrons. The van der Waals surface area contributed by atoms with Crippen molar-refractivity contribution in [1.82, 2.24) is 16.0 Å². The van der Waals surface area contributed by atoms with Gasteiger partial charge in [0.1, 0.15) is 213 Å². The Kier molecular flexibility index (Phi) is 31.6. The van der Waals surface area contributed by atoms with Crippen molar-refractivity contribution < 1.29 is 223 Å². The highest BCUT2D eigenvalue weighted by molar-refractivity contribution is 5.74. The monoisotopic (exact) mass is 1580 g/mol. The average Bonchev–Trinajstić information content (AvgIpc) is 0.761. The number of carbonyl (C=O) groups excluding carboxylic acids is 3. The number of amides is 3. The van der Waals surface area contributed by atoms with E-state index in [4.69, 9.17) is 80.5 Å². The summed E-state index contributed by atoms with van der Waals surface area (Å²) in [5.74, 6) is -2.75. The van der Waals surface area contributed by atoms with Crippen molar-refractivity contribution >= 4 is 17.7 Å². The predicted octanol–water partition coefficient (Wildman–Crippen LogP) is -19.2. The lowest BCUT2D eigenvalue weighted by atomic mass is 9.93. The minimum absolute atomic E-state index is 0.832. The van der Waals surface area contributed by atoms with Crippen LogP contribution in [0.15, 0.2) is 0 Å². The van der Waals surface area contributed by atoms with E-state index in [1.165, 1.54) is 6.92 Å². The maximum Gasteiger partial charge on any atom is 0.217 e. The Morgan fingerprint density at radius 3 is 1.04 bits per heavy atom. The average molecular weight is 1580 g/mol. The van der Waals surface area contributed by atoms with Crippen molar-refractivity contribution in [3.05, 3.63) is 0 Å². The highest BCUT2D eigenvalue weighted by Crippen LogP contribution is 2.40. The molecule has 45 atom stereocenters. The lowest BCUT2D eigenvalue weighted by Crippen LogP contribution is -2.71. The fourth-order valence-corrected chi connectivity index (χ4v) is 13.8. The van der Waals surface area contributed by atoms with Gasteiger partial charge in [-0.05, 0) is 6.92 Å². The summed E-state index contributed by atoms with van der Waals surface area (Å²) in [6.45, 7) is -4.35. The Bertz CT molecular complexity index is 2820. The van der Waals surface area contributed by atoms with Crippen molar-refractivity contribution in [2.24, 2.45) is 0 Å². The van der Waals surface area contributed by atoms with Crippen LogP contribution in [0.25, 0.3) is 0 Å². The van der Waals surface area contributed by atoms with E-state index in [2.05, 4.69) is 16.0 Å². The zero-order chi connectivity index (χ0) is 79.5. The topological polar surface area (TPSA) is 750 Å². The summed E-state index contributed by atoms with van der Waals surface area (Å²) >= 11 is 0. The van der Waals surface area contributed by atoms with Crippen molar-refractivity contribution in [3.63, 3.8) is 0 Å². The van der Waals surface area contributed by atoms with Crippen LogP contribution in [0, 0.1) is 0 Å². The molecule has 0 bridgehead atoms. The first-order valence-corrected chi connectivity index (χ1v) is 34.5. The molecule has 0 aromatic heterocycles. The zero-order valence-corrected chi connectivity index (χ0v) is 58.0. The van der Waals surface area contributed by atoms with Gasteiger partial charge in [0.2, 0.25) is 17.7 Å². The quantitative estimate of drug-likeness (QED) is 0.0363. The van der Waals surface area contributed by atoms with E-state index in [1.54, 1.807) is 0 Å². The summed E-state index contributed by atoms with van der Waals surface area (Å²) in [5.41, 5.74) is 0. The first kappa shape index (κ1) is 88.7. The van der Waals surface area contributed by atoms with Gasteiger partial charge in [-0.25, -0.2) is 0 Å². The van der Waals surface area contributed by atoms with E-state index in [9.17, 15) is 142 Å². The molecule has 108 heavy (non-hydrogen) atoms. The van der Waals surface area contributed by atoms with Crippen LogP contribution in [0.3, 0.4) is 0 Å². The number of nitrogens with one attached hydrogen (secondary N) is 3. The molecule has 0 aromatic carbocycles. The maximum absolute atomic E-state index is 13.2. The molecule has 3 amide bonds. The number of rotatable bonds is 27. The van der Waals surface area contributed by atoms with Crippen LogP contribution in [0.2, 0.25) is 0 Å². The van der Waals surface area contributed by atoms with Gasteiger partial charge in [0.25, 0.3) is 0 Å². The molecule has 0 aromatic rings.